The fourth-order valence-corrected chi connectivity index (χ4v) is 3.18. The molecule has 0 spiro atoms. The molecule has 1 heterocycles. The molecule has 1 aliphatic rings. The van der Waals surface area contributed by atoms with Crippen molar-refractivity contribution in [2.75, 3.05) is 13.1 Å². The van der Waals surface area contributed by atoms with Gasteiger partial charge < -0.3 is 10.2 Å². The van der Waals surface area contributed by atoms with Gasteiger partial charge in [-0.05, 0) is 36.7 Å². The first kappa shape index (κ1) is 15.0. The lowest BCUT2D eigenvalue weighted by Crippen LogP contribution is -2.37. The van der Waals surface area contributed by atoms with Crippen LogP contribution in [0.15, 0.2) is 54.6 Å². The van der Waals surface area contributed by atoms with Crippen molar-refractivity contribution in [2.45, 2.75) is 25.8 Å². The maximum absolute atomic E-state index is 5.55. The van der Waals surface area contributed by atoms with Crippen molar-refractivity contribution < 1.29 is 0 Å². The van der Waals surface area contributed by atoms with E-state index in [0.29, 0.717) is 5.92 Å². The number of nitrogens with zero attached hydrogens (tertiary/aromatic N) is 1. The van der Waals surface area contributed by atoms with Crippen LogP contribution in [-0.2, 0) is 6.54 Å². The van der Waals surface area contributed by atoms with Crippen LogP contribution >= 0.6 is 12.2 Å². The van der Waals surface area contributed by atoms with E-state index in [4.69, 9.17) is 12.2 Å². The number of nitrogens with one attached hydrogen (secondary N) is 1. The first-order chi connectivity index (χ1) is 10.7. The first-order valence-corrected chi connectivity index (χ1v) is 8.26. The van der Waals surface area contributed by atoms with Crippen molar-refractivity contribution in [2.24, 2.45) is 0 Å². The third kappa shape index (κ3) is 3.66. The van der Waals surface area contributed by atoms with Crippen LogP contribution in [0, 0.1) is 6.92 Å². The van der Waals surface area contributed by atoms with Crippen molar-refractivity contribution in [1.29, 1.82) is 0 Å². The van der Waals surface area contributed by atoms with Crippen LogP contribution < -0.4 is 5.32 Å². The molecular formula is C19H22N2S. The highest BCUT2D eigenvalue weighted by molar-refractivity contribution is 7.80. The zero-order valence-electron chi connectivity index (χ0n) is 13.0. The largest absolute Gasteiger partial charge is 0.358 e. The highest BCUT2D eigenvalue weighted by Gasteiger charge is 2.25. The Bertz CT molecular complexity index is 622. The minimum absolute atomic E-state index is 0.595. The van der Waals surface area contributed by atoms with Gasteiger partial charge >= 0.3 is 0 Å². The number of aryl methyl sites for hydroxylation is 1. The summed E-state index contributed by atoms with van der Waals surface area (Å²) in [6.45, 7) is 4.99. The Morgan fingerprint density at radius 1 is 1.14 bits per heavy atom. The molecule has 2 aromatic carbocycles. The van der Waals surface area contributed by atoms with Crippen molar-refractivity contribution in [1.82, 2.24) is 10.2 Å². The topological polar surface area (TPSA) is 15.3 Å². The Labute approximate surface area is 138 Å². The summed E-state index contributed by atoms with van der Waals surface area (Å²) in [7, 11) is 0. The van der Waals surface area contributed by atoms with E-state index in [2.05, 4.69) is 65.7 Å². The van der Waals surface area contributed by atoms with E-state index in [0.717, 1.165) is 24.7 Å². The van der Waals surface area contributed by atoms with Gasteiger partial charge in [-0.3, -0.25) is 0 Å². The van der Waals surface area contributed by atoms with Crippen LogP contribution in [0.5, 0.6) is 0 Å². The third-order valence-corrected chi connectivity index (χ3v) is 4.71. The number of hydrogen-bond donors (Lipinski definition) is 1. The Morgan fingerprint density at radius 3 is 2.59 bits per heavy atom. The lowest BCUT2D eigenvalue weighted by atomic mass is 9.98. The quantitative estimate of drug-likeness (QED) is 0.867. The van der Waals surface area contributed by atoms with E-state index in [1.807, 2.05) is 6.07 Å². The summed E-state index contributed by atoms with van der Waals surface area (Å²) >= 11 is 5.55. The third-order valence-electron chi connectivity index (χ3n) is 4.31. The molecule has 2 aromatic rings. The smallest absolute Gasteiger partial charge is 0.169 e. The van der Waals surface area contributed by atoms with E-state index in [-0.39, 0.29) is 0 Å². The molecule has 1 saturated heterocycles. The molecule has 1 unspecified atom stereocenters. The van der Waals surface area contributed by atoms with E-state index < -0.39 is 0 Å². The minimum Gasteiger partial charge on any atom is -0.358 e. The number of thiocarbonyl (C=S) groups is 1. The SMILES string of the molecule is Cc1ccc(C2CCN(C(=S)NCc3ccccc3)C2)cc1. The standard InChI is InChI=1S/C19H22N2S/c1-15-7-9-17(10-8-15)18-11-12-21(14-18)19(22)20-13-16-5-3-2-4-6-16/h2-10,18H,11-14H2,1H3,(H,20,22). The second-order valence-corrected chi connectivity index (χ2v) is 6.37. The van der Waals surface area contributed by atoms with Crippen molar-refractivity contribution >= 4 is 17.3 Å². The maximum atomic E-state index is 5.55. The predicted molar refractivity (Wildman–Crippen MR) is 96.0 cm³/mol. The van der Waals surface area contributed by atoms with Gasteiger partial charge in [-0.1, -0.05) is 60.2 Å². The van der Waals surface area contributed by atoms with E-state index in [9.17, 15) is 0 Å². The summed E-state index contributed by atoms with van der Waals surface area (Å²) < 4.78 is 0. The molecule has 2 nitrogen and oxygen atoms in total. The highest BCUT2D eigenvalue weighted by atomic mass is 32.1. The lowest BCUT2D eigenvalue weighted by Gasteiger charge is -2.21. The van der Waals surface area contributed by atoms with E-state index >= 15 is 0 Å². The Balaban J connectivity index is 1.53. The van der Waals surface area contributed by atoms with Gasteiger partial charge in [-0.2, -0.15) is 0 Å². The van der Waals surface area contributed by atoms with Crippen LogP contribution in [0.3, 0.4) is 0 Å². The van der Waals surface area contributed by atoms with Gasteiger partial charge in [-0.15, -0.1) is 0 Å². The first-order valence-electron chi connectivity index (χ1n) is 7.85. The van der Waals surface area contributed by atoms with Gasteiger partial charge in [-0.25, -0.2) is 0 Å². The molecule has 0 radical (unpaired) electrons. The second-order valence-electron chi connectivity index (χ2n) is 5.99. The number of rotatable bonds is 3. The average Bonchev–Trinajstić information content (AvgIpc) is 3.04. The average molecular weight is 310 g/mol. The summed E-state index contributed by atoms with van der Waals surface area (Å²) in [4.78, 5) is 2.29. The lowest BCUT2D eigenvalue weighted by molar-refractivity contribution is 0.498. The molecule has 0 amide bonds. The fourth-order valence-electron chi connectivity index (χ4n) is 2.94. The number of benzene rings is 2. The zero-order valence-corrected chi connectivity index (χ0v) is 13.8. The normalized spacial score (nSPS) is 17.5. The maximum Gasteiger partial charge on any atom is 0.169 e. The van der Waals surface area contributed by atoms with Crippen LogP contribution in [-0.4, -0.2) is 23.1 Å². The molecule has 1 fully saturated rings. The minimum atomic E-state index is 0.595. The van der Waals surface area contributed by atoms with Crippen LogP contribution in [0.4, 0.5) is 0 Å². The summed E-state index contributed by atoms with van der Waals surface area (Å²) in [6.07, 6.45) is 1.18. The molecule has 114 valence electrons. The summed E-state index contributed by atoms with van der Waals surface area (Å²) in [5.41, 5.74) is 4.01. The van der Waals surface area contributed by atoms with E-state index in [1.54, 1.807) is 0 Å². The summed E-state index contributed by atoms with van der Waals surface area (Å²) in [6, 6.07) is 19.3. The van der Waals surface area contributed by atoms with E-state index in [1.165, 1.54) is 23.1 Å². The van der Waals surface area contributed by atoms with Crippen LogP contribution in [0.25, 0.3) is 0 Å². The van der Waals surface area contributed by atoms with Gasteiger partial charge in [0.15, 0.2) is 5.11 Å². The van der Waals surface area contributed by atoms with Gasteiger partial charge in [0.05, 0.1) is 0 Å². The summed E-state index contributed by atoms with van der Waals surface area (Å²) in [5, 5.41) is 4.25. The Hall–Kier alpha value is -1.87. The van der Waals surface area contributed by atoms with Crippen molar-refractivity contribution in [3.63, 3.8) is 0 Å². The van der Waals surface area contributed by atoms with Gasteiger partial charge in [0, 0.05) is 25.6 Å². The Kier molecular flexibility index (Phi) is 4.74. The van der Waals surface area contributed by atoms with Crippen LogP contribution in [0.2, 0.25) is 0 Å². The van der Waals surface area contributed by atoms with Crippen LogP contribution in [0.1, 0.15) is 29.0 Å². The summed E-state index contributed by atoms with van der Waals surface area (Å²) in [5.74, 6) is 0.595. The zero-order chi connectivity index (χ0) is 15.4. The highest BCUT2D eigenvalue weighted by Crippen LogP contribution is 2.27. The second kappa shape index (κ2) is 6.93. The molecule has 1 aliphatic heterocycles. The molecule has 0 aliphatic carbocycles. The fraction of sp³-hybridized carbons (Fsp3) is 0.316. The number of hydrogen-bond acceptors (Lipinski definition) is 1. The predicted octanol–water partition coefficient (Wildman–Crippen LogP) is 3.86. The molecule has 1 atom stereocenters. The molecule has 0 bridgehead atoms. The van der Waals surface area contributed by atoms with Gasteiger partial charge in [0.2, 0.25) is 0 Å². The monoisotopic (exact) mass is 310 g/mol. The molecule has 1 N–H and O–H groups in total. The van der Waals surface area contributed by atoms with Crippen molar-refractivity contribution in [3.05, 3.63) is 71.3 Å². The molecular weight excluding hydrogens is 288 g/mol. The molecule has 0 aromatic heterocycles. The molecule has 3 rings (SSSR count). The Morgan fingerprint density at radius 2 is 1.86 bits per heavy atom. The van der Waals surface area contributed by atoms with Gasteiger partial charge in [0.1, 0.15) is 0 Å². The van der Waals surface area contributed by atoms with Gasteiger partial charge in [0.25, 0.3) is 0 Å². The number of likely N-dealkylation sites (tertiary alicyclic amines) is 1. The molecule has 22 heavy (non-hydrogen) atoms. The molecule has 3 heteroatoms. The van der Waals surface area contributed by atoms with Crippen molar-refractivity contribution in [3.8, 4) is 0 Å². The molecule has 0 saturated carbocycles.